The highest BCUT2D eigenvalue weighted by molar-refractivity contribution is 6.09. The number of hydrogen-bond donors (Lipinski definition) is 2. The van der Waals surface area contributed by atoms with Crippen LogP contribution in [0.15, 0.2) is 79.0 Å². The maximum Gasteiger partial charge on any atom is 0.244 e. The molecule has 5 rings (SSSR count). The molecule has 0 unspecified atom stereocenters. The van der Waals surface area contributed by atoms with Gasteiger partial charge in [0.1, 0.15) is 5.75 Å². The number of hydrogen-bond acceptors (Lipinski definition) is 6. The lowest BCUT2D eigenvalue weighted by atomic mass is 10.1. The molecule has 3 aromatic carbocycles. The Morgan fingerprint density at radius 2 is 1.68 bits per heavy atom. The van der Waals surface area contributed by atoms with E-state index < -0.39 is 0 Å². The van der Waals surface area contributed by atoms with E-state index in [2.05, 4.69) is 20.9 Å². The highest BCUT2D eigenvalue weighted by atomic mass is 16.5. The van der Waals surface area contributed by atoms with Gasteiger partial charge in [-0.2, -0.15) is 0 Å². The van der Waals surface area contributed by atoms with E-state index in [9.17, 15) is 9.90 Å². The number of fused-ring (bicyclic) bond motifs is 3. The highest BCUT2D eigenvalue weighted by Crippen LogP contribution is 2.41. The number of rotatable bonds is 8. The van der Waals surface area contributed by atoms with Gasteiger partial charge in [-0.1, -0.05) is 30.3 Å². The Hall–Kier alpha value is -4.98. The molecule has 0 aliphatic rings. The fraction of sp³-hybridized carbons (Fsp3) is 0.133. The standard InChI is InChI=1S/C30H27N3O5/c1-36-27-15-21(16-28(37-2)30(27)38-3)33-25-10-5-4-9-23(25)24-14-20(31-18-26(24)33)17-32-29(35)12-11-19-7-6-8-22(34)13-19/h4-16,18,34H,17H2,1-3H3,(H,32,35)/b12-11+. The molecule has 0 radical (unpaired) electrons. The number of ether oxygens (including phenoxy) is 3. The van der Waals surface area contributed by atoms with Gasteiger partial charge < -0.3 is 29.2 Å². The van der Waals surface area contributed by atoms with Crippen LogP contribution in [0.4, 0.5) is 0 Å². The number of pyridine rings is 1. The van der Waals surface area contributed by atoms with Gasteiger partial charge >= 0.3 is 0 Å². The van der Waals surface area contributed by atoms with Crippen molar-refractivity contribution in [3.63, 3.8) is 0 Å². The Balaban J connectivity index is 1.49. The van der Waals surface area contributed by atoms with E-state index in [1.54, 1.807) is 45.6 Å². The number of phenolic OH excluding ortho intramolecular Hbond substituents is 1. The van der Waals surface area contributed by atoms with Gasteiger partial charge in [0.25, 0.3) is 0 Å². The normalized spacial score (nSPS) is 11.2. The SMILES string of the molecule is COc1cc(-n2c3ccccc3c3cc(CNC(=O)/C=C/c4cccc(O)c4)ncc32)cc(OC)c1OC. The topological polar surface area (TPSA) is 94.8 Å². The van der Waals surface area contributed by atoms with Crippen molar-refractivity contribution in [1.29, 1.82) is 0 Å². The van der Waals surface area contributed by atoms with E-state index in [-0.39, 0.29) is 18.2 Å². The molecule has 0 bridgehead atoms. The molecule has 2 heterocycles. The molecule has 192 valence electrons. The summed E-state index contributed by atoms with van der Waals surface area (Å²) in [5, 5.41) is 14.5. The lowest BCUT2D eigenvalue weighted by molar-refractivity contribution is -0.116. The summed E-state index contributed by atoms with van der Waals surface area (Å²) < 4.78 is 18.7. The van der Waals surface area contributed by atoms with Crippen LogP contribution >= 0.6 is 0 Å². The molecule has 0 saturated carbocycles. The molecule has 0 saturated heterocycles. The first kappa shape index (κ1) is 24.7. The number of aromatic nitrogens is 2. The third-order valence-electron chi connectivity index (χ3n) is 6.26. The van der Waals surface area contributed by atoms with Crippen molar-refractivity contribution in [1.82, 2.24) is 14.9 Å². The zero-order valence-corrected chi connectivity index (χ0v) is 21.3. The molecule has 0 atom stereocenters. The number of phenols is 1. The van der Waals surface area contributed by atoms with Crippen molar-refractivity contribution < 1.29 is 24.1 Å². The van der Waals surface area contributed by atoms with E-state index in [1.165, 1.54) is 6.08 Å². The Morgan fingerprint density at radius 1 is 0.921 bits per heavy atom. The van der Waals surface area contributed by atoms with Gasteiger partial charge in [0, 0.05) is 29.0 Å². The molecule has 8 nitrogen and oxygen atoms in total. The van der Waals surface area contributed by atoms with E-state index in [4.69, 9.17) is 14.2 Å². The molecule has 0 aliphatic heterocycles. The van der Waals surface area contributed by atoms with Gasteiger partial charge in [0.2, 0.25) is 11.7 Å². The lowest BCUT2D eigenvalue weighted by Gasteiger charge is -2.16. The van der Waals surface area contributed by atoms with Gasteiger partial charge in [-0.05, 0) is 35.9 Å². The third kappa shape index (κ3) is 4.71. The zero-order chi connectivity index (χ0) is 26.6. The minimum Gasteiger partial charge on any atom is -0.508 e. The van der Waals surface area contributed by atoms with E-state index in [1.807, 2.05) is 48.7 Å². The third-order valence-corrected chi connectivity index (χ3v) is 6.26. The minimum atomic E-state index is -0.255. The molecule has 2 N–H and O–H groups in total. The Morgan fingerprint density at radius 3 is 2.39 bits per heavy atom. The summed E-state index contributed by atoms with van der Waals surface area (Å²) >= 11 is 0. The van der Waals surface area contributed by atoms with Crippen LogP contribution in [0.5, 0.6) is 23.0 Å². The maximum atomic E-state index is 12.4. The summed E-state index contributed by atoms with van der Waals surface area (Å²) in [6.45, 7) is 0.267. The van der Waals surface area contributed by atoms with Gasteiger partial charge in [-0.3, -0.25) is 9.78 Å². The number of benzene rings is 3. The molecule has 5 aromatic rings. The van der Waals surface area contributed by atoms with Crippen LogP contribution in [-0.2, 0) is 11.3 Å². The van der Waals surface area contributed by atoms with Crippen LogP contribution in [-0.4, -0.2) is 41.9 Å². The molecular weight excluding hydrogens is 482 g/mol. The molecule has 0 aliphatic carbocycles. The Bertz CT molecular complexity index is 1650. The minimum absolute atomic E-state index is 0.149. The fourth-order valence-corrected chi connectivity index (χ4v) is 4.52. The summed E-state index contributed by atoms with van der Waals surface area (Å²) in [5.74, 6) is 1.53. The second-order valence-electron chi connectivity index (χ2n) is 8.58. The molecular formula is C30H27N3O5. The van der Waals surface area contributed by atoms with Crippen molar-refractivity contribution in [3.05, 3.63) is 90.3 Å². The zero-order valence-electron chi connectivity index (χ0n) is 21.3. The van der Waals surface area contributed by atoms with Crippen LogP contribution in [0.2, 0.25) is 0 Å². The van der Waals surface area contributed by atoms with Crippen molar-refractivity contribution in [2.75, 3.05) is 21.3 Å². The molecule has 0 spiro atoms. The van der Waals surface area contributed by atoms with Gasteiger partial charge in [0.15, 0.2) is 11.5 Å². The number of nitrogens with one attached hydrogen (secondary N) is 1. The fourth-order valence-electron chi connectivity index (χ4n) is 4.52. The number of carbonyl (C=O) groups is 1. The Labute approximate surface area is 219 Å². The largest absolute Gasteiger partial charge is 0.508 e. The number of amides is 1. The number of para-hydroxylation sites is 1. The second-order valence-corrected chi connectivity index (χ2v) is 8.58. The summed E-state index contributed by atoms with van der Waals surface area (Å²) in [6.07, 6.45) is 4.89. The van der Waals surface area contributed by atoms with Crippen LogP contribution in [0.3, 0.4) is 0 Å². The predicted molar refractivity (Wildman–Crippen MR) is 147 cm³/mol. The molecule has 0 fully saturated rings. The van der Waals surface area contributed by atoms with E-state index in [0.29, 0.717) is 17.2 Å². The van der Waals surface area contributed by atoms with Crippen molar-refractivity contribution in [2.45, 2.75) is 6.54 Å². The maximum absolute atomic E-state index is 12.4. The average molecular weight is 510 g/mol. The molecule has 2 aromatic heterocycles. The molecule has 38 heavy (non-hydrogen) atoms. The van der Waals surface area contributed by atoms with Gasteiger partial charge in [-0.15, -0.1) is 0 Å². The first-order chi connectivity index (χ1) is 18.5. The first-order valence-corrected chi connectivity index (χ1v) is 12.0. The van der Waals surface area contributed by atoms with Crippen molar-refractivity contribution in [2.24, 2.45) is 0 Å². The summed E-state index contributed by atoms with van der Waals surface area (Å²) in [6, 6.07) is 20.6. The monoisotopic (exact) mass is 509 g/mol. The average Bonchev–Trinajstić information content (AvgIpc) is 3.28. The van der Waals surface area contributed by atoms with Crippen molar-refractivity contribution in [3.8, 4) is 28.7 Å². The number of methoxy groups -OCH3 is 3. The van der Waals surface area contributed by atoms with E-state index >= 15 is 0 Å². The van der Waals surface area contributed by atoms with Crippen molar-refractivity contribution >= 4 is 33.8 Å². The first-order valence-electron chi connectivity index (χ1n) is 12.0. The highest BCUT2D eigenvalue weighted by Gasteiger charge is 2.18. The molecule has 1 amide bonds. The van der Waals surface area contributed by atoms with Crippen LogP contribution in [0.25, 0.3) is 33.6 Å². The van der Waals surface area contributed by atoms with Gasteiger partial charge in [0.05, 0.1) is 56.5 Å². The van der Waals surface area contributed by atoms with Gasteiger partial charge in [-0.25, -0.2) is 0 Å². The summed E-state index contributed by atoms with van der Waals surface area (Å²) in [4.78, 5) is 17.0. The van der Waals surface area contributed by atoms with E-state index in [0.717, 1.165) is 38.8 Å². The Kier molecular flexibility index (Phi) is 6.86. The smallest absolute Gasteiger partial charge is 0.244 e. The second kappa shape index (κ2) is 10.6. The lowest BCUT2D eigenvalue weighted by Crippen LogP contribution is -2.20. The number of nitrogens with zero attached hydrogens (tertiary/aromatic N) is 2. The summed E-state index contributed by atoms with van der Waals surface area (Å²) in [5.41, 5.74) is 4.20. The van der Waals surface area contributed by atoms with Crippen LogP contribution < -0.4 is 19.5 Å². The van der Waals surface area contributed by atoms with Crippen LogP contribution in [0.1, 0.15) is 11.3 Å². The summed E-state index contributed by atoms with van der Waals surface area (Å²) in [7, 11) is 4.76. The quantitative estimate of drug-likeness (QED) is 0.278. The predicted octanol–water partition coefficient (Wildman–Crippen LogP) is 5.24. The molecule has 8 heteroatoms. The van der Waals surface area contributed by atoms with Crippen LogP contribution in [0, 0.1) is 0 Å². The number of aromatic hydroxyl groups is 1. The number of carbonyl (C=O) groups excluding carboxylic acids is 1.